The number of hydrogen-bond donors (Lipinski definition) is 1. The van der Waals surface area contributed by atoms with Crippen molar-refractivity contribution in [3.8, 4) is 0 Å². The van der Waals surface area contributed by atoms with Crippen molar-refractivity contribution in [2.24, 2.45) is 0 Å². The van der Waals surface area contributed by atoms with Gasteiger partial charge in [0.1, 0.15) is 0 Å². The minimum Gasteiger partial charge on any atom is -0.396 e. The zero-order valence-electron chi connectivity index (χ0n) is 9.21. The molecule has 1 aliphatic rings. The van der Waals surface area contributed by atoms with E-state index in [0.29, 0.717) is 25.7 Å². The number of halogens is 4. The lowest BCUT2D eigenvalue weighted by atomic mass is 10.1. The number of likely N-dealkylation sites (tertiary alicyclic amines) is 1. The minimum atomic E-state index is -4.61. The first-order valence-corrected chi connectivity index (χ1v) is 5.49. The molecule has 1 unspecified atom stereocenters. The molecule has 1 fully saturated rings. The lowest BCUT2D eigenvalue weighted by Crippen LogP contribution is -2.49. The molecule has 0 radical (unpaired) electrons. The number of rotatable bonds is 5. The molecule has 1 atom stereocenters. The molecule has 0 aliphatic carbocycles. The number of aliphatic hydroxyl groups excluding tert-OH is 1. The Labute approximate surface area is 96.4 Å². The summed E-state index contributed by atoms with van der Waals surface area (Å²) in [5, 5.41) is 8.63. The SMILES string of the molecule is O=C(N1CCCC1CCCO)C(F)(F)C(F)F. The second kappa shape index (κ2) is 5.66. The molecule has 1 aliphatic heterocycles. The van der Waals surface area contributed by atoms with E-state index in [1.165, 1.54) is 0 Å². The number of aliphatic hydroxyl groups is 1. The molecule has 0 aromatic heterocycles. The van der Waals surface area contributed by atoms with Gasteiger partial charge in [0, 0.05) is 19.2 Å². The summed E-state index contributed by atoms with van der Waals surface area (Å²) >= 11 is 0. The van der Waals surface area contributed by atoms with Gasteiger partial charge in [-0.2, -0.15) is 8.78 Å². The molecule has 3 nitrogen and oxygen atoms in total. The van der Waals surface area contributed by atoms with Crippen LogP contribution in [0.15, 0.2) is 0 Å². The van der Waals surface area contributed by atoms with Gasteiger partial charge >= 0.3 is 12.3 Å². The van der Waals surface area contributed by atoms with Crippen LogP contribution in [0.5, 0.6) is 0 Å². The van der Waals surface area contributed by atoms with Crippen molar-refractivity contribution in [3.05, 3.63) is 0 Å². The summed E-state index contributed by atoms with van der Waals surface area (Å²) in [6, 6.07) is -0.459. The van der Waals surface area contributed by atoms with Crippen LogP contribution in [0.2, 0.25) is 0 Å². The molecule has 0 spiro atoms. The van der Waals surface area contributed by atoms with Crippen LogP contribution in [0.25, 0.3) is 0 Å². The number of alkyl halides is 4. The maximum atomic E-state index is 12.9. The van der Waals surface area contributed by atoms with Crippen molar-refractivity contribution in [2.45, 2.75) is 44.1 Å². The van der Waals surface area contributed by atoms with Gasteiger partial charge in [-0.15, -0.1) is 0 Å². The summed E-state index contributed by atoms with van der Waals surface area (Å²) in [7, 11) is 0. The number of amides is 1. The molecular formula is C10H15F4NO2. The maximum absolute atomic E-state index is 12.9. The Kier molecular flexibility index (Phi) is 4.73. The molecule has 7 heteroatoms. The summed E-state index contributed by atoms with van der Waals surface area (Å²) in [5.41, 5.74) is 0. The lowest BCUT2D eigenvalue weighted by molar-refractivity contribution is -0.181. The van der Waals surface area contributed by atoms with Crippen molar-refractivity contribution < 1.29 is 27.5 Å². The zero-order valence-corrected chi connectivity index (χ0v) is 9.21. The van der Waals surface area contributed by atoms with Gasteiger partial charge in [0.2, 0.25) is 0 Å². The Hall–Kier alpha value is -0.850. The third kappa shape index (κ3) is 3.08. The van der Waals surface area contributed by atoms with E-state index < -0.39 is 24.3 Å². The molecule has 0 saturated carbocycles. The Morgan fingerprint density at radius 3 is 2.65 bits per heavy atom. The highest BCUT2D eigenvalue weighted by Crippen LogP contribution is 2.30. The Bertz CT molecular complexity index is 273. The van der Waals surface area contributed by atoms with Gasteiger partial charge in [0.15, 0.2) is 0 Å². The zero-order chi connectivity index (χ0) is 13.1. The highest BCUT2D eigenvalue weighted by molar-refractivity contribution is 5.84. The Morgan fingerprint density at radius 2 is 2.12 bits per heavy atom. The van der Waals surface area contributed by atoms with Gasteiger partial charge in [0.25, 0.3) is 5.91 Å². The molecule has 0 bridgehead atoms. The van der Waals surface area contributed by atoms with Gasteiger partial charge in [0.05, 0.1) is 0 Å². The van der Waals surface area contributed by atoms with E-state index in [0.717, 1.165) is 4.90 Å². The van der Waals surface area contributed by atoms with Crippen LogP contribution >= 0.6 is 0 Å². The summed E-state index contributed by atoms with van der Waals surface area (Å²) in [4.78, 5) is 12.1. The Morgan fingerprint density at radius 1 is 1.47 bits per heavy atom. The molecule has 1 saturated heterocycles. The third-order valence-corrected chi connectivity index (χ3v) is 2.89. The second-order valence-electron chi connectivity index (χ2n) is 4.08. The average Bonchev–Trinajstić information content (AvgIpc) is 2.72. The molecular weight excluding hydrogens is 242 g/mol. The van der Waals surface area contributed by atoms with Crippen molar-refractivity contribution in [1.82, 2.24) is 4.90 Å². The van der Waals surface area contributed by atoms with E-state index in [1.54, 1.807) is 0 Å². The minimum absolute atomic E-state index is 0.0806. The largest absolute Gasteiger partial charge is 0.396 e. The van der Waals surface area contributed by atoms with E-state index in [4.69, 9.17) is 5.11 Å². The molecule has 1 heterocycles. The van der Waals surface area contributed by atoms with Crippen LogP contribution < -0.4 is 0 Å². The summed E-state index contributed by atoms with van der Waals surface area (Å²) < 4.78 is 49.9. The topological polar surface area (TPSA) is 40.5 Å². The van der Waals surface area contributed by atoms with Gasteiger partial charge < -0.3 is 10.0 Å². The number of hydrogen-bond acceptors (Lipinski definition) is 2. The highest BCUT2D eigenvalue weighted by Gasteiger charge is 2.52. The fraction of sp³-hybridized carbons (Fsp3) is 0.900. The molecule has 1 rings (SSSR count). The van der Waals surface area contributed by atoms with E-state index >= 15 is 0 Å². The summed E-state index contributed by atoms with van der Waals surface area (Å²) in [6.07, 6.45) is -2.20. The monoisotopic (exact) mass is 257 g/mol. The average molecular weight is 257 g/mol. The first kappa shape index (κ1) is 14.2. The maximum Gasteiger partial charge on any atom is 0.383 e. The summed E-state index contributed by atoms with van der Waals surface area (Å²) in [5.74, 6) is -6.41. The van der Waals surface area contributed by atoms with E-state index in [-0.39, 0.29) is 13.2 Å². The standard InChI is InChI=1S/C10H15F4NO2/c11-8(12)10(13,14)9(17)15-5-1-3-7(15)4-2-6-16/h7-8,16H,1-6H2. The van der Waals surface area contributed by atoms with Crippen LogP contribution in [0, 0.1) is 0 Å². The van der Waals surface area contributed by atoms with Crippen molar-refractivity contribution in [1.29, 1.82) is 0 Å². The van der Waals surface area contributed by atoms with Crippen LogP contribution in [0.3, 0.4) is 0 Å². The van der Waals surface area contributed by atoms with Crippen molar-refractivity contribution in [2.75, 3.05) is 13.2 Å². The van der Waals surface area contributed by atoms with Gasteiger partial charge in [-0.05, 0) is 25.7 Å². The predicted molar refractivity (Wildman–Crippen MR) is 52.0 cm³/mol. The molecule has 1 N–H and O–H groups in total. The van der Waals surface area contributed by atoms with Crippen LogP contribution in [-0.4, -0.2) is 47.5 Å². The van der Waals surface area contributed by atoms with Gasteiger partial charge in [-0.3, -0.25) is 4.79 Å². The van der Waals surface area contributed by atoms with Crippen LogP contribution in [-0.2, 0) is 4.79 Å². The third-order valence-electron chi connectivity index (χ3n) is 2.89. The highest BCUT2D eigenvalue weighted by atomic mass is 19.3. The molecule has 0 aromatic carbocycles. The number of nitrogens with zero attached hydrogens (tertiary/aromatic N) is 1. The molecule has 1 amide bonds. The van der Waals surface area contributed by atoms with Crippen molar-refractivity contribution >= 4 is 5.91 Å². The van der Waals surface area contributed by atoms with E-state index in [9.17, 15) is 22.4 Å². The normalized spacial score (nSPS) is 21.3. The molecule has 17 heavy (non-hydrogen) atoms. The fourth-order valence-electron chi connectivity index (χ4n) is 2.01. The number of carbonyl (C=O) groups excluding carboxylic acids is 1. The van der Waals surface area contributed by atoms with Gasteiger partial charge in [-0.25, -0.2) is 8.78 Å². The smallest absolute Gasteiger partial charge is 0.383 e. The van der Waals surface area contributed by atoms with Gasteiger partial charge in [-0.1, -0.05) is 0 Å². The predicted octanol–water partition coefficient (Wildman–Crippen LogP) is 1.65. The van der Waals surface area contributed by atoms with Crippen molar-refractivity contribution in [3.63, 3.8) is 0 Å². The first-order valence-electron chi connectivity index (χ1n) is 5.49. The van der Waals surface area contributed by atoms with Crippen LogP contribution in [0.1, 0.15) is 25.7 Å². The molecule has 0 aromatic rings. The quantitative estimate of drug-likeness (QED) is 0.761. The summed E-state index contributed by atoms with van der Waals surface area (Å²) in [6.45, 7) is -0.0268. The molecule has 100 valence electrons. The first-order chi connectivity index (χ1) is 7.91. The Balaban J connectivity index is 2.67. The van der Waals surface area contributed by atoms with E-state index in [1.807, 2.05) is 0 Å². The number of carbonyl (C=O) groups is 1. The van der Waals surface area contributed by atoms with Crippen LogP contribution in [0.4, 0.5) is 17.6 Å². The second-order valence-corrected chi connectivity index (χ2v) is 4.08. The van der Waals surface area contributed by atoms with E-state index in [2.05, 4.69) is 0 Å². The lowest BCUT2D eigenvalue weighted by Gasteiger charge is -2.28. The fourth-order valence-corrected chi connectivity index (χ4v) is 2.01.